The molecule has 1 atom stereocenters. The number of aromatic nitrogens is 3. The highest BCUT2D eigenvalue weighted by atomic mass is 35.5. The predicted octanol–water partition coefficient (Wildman–Crippen LogP) is 0.332. The molecule has 6 nitrogen and oxygen atoms in total. The third kappa shape index (κ3) is 2.45. The van der Waals surface area contributed by atoms with Crippen molar-refractivity contribution >= 4 is 23.5 Å². The summed E-state index contributed by atoms with van der Waals surface area (Å²) in [6.07, 6.45) is 0.163. The molecule has 0 amide bonds. The summed E-state index contributed by atoms with van der Waals surface area (Å²) in [6.45, 7) is 4.13. The number of nitrogen functional groups attached to an aromatic ring is 1. The van der Waals surface area contributed by atoms with Crippen LogP contribution < -0.4 is 10.6 Å². The maximum Gasteiger partial charge on any atom is 0.231 e. The molecule has 2 N–H and O–H groups in total. The zero-order valence-electron chi connectivity index (χ0n) is 8.35. The van der Waals surface area contributed by atoms with E-state index in [4.69, 9.17) is 22.1 Å². The lowest BCUT2D eigenvalue weighted by molar-refractivity contribution is 0.0526. The van der Waals surface area contributed by atoms with Gasteiger partial charge in [0, 0.05) is 13.1 Å². The average Bonchev–Trinajstić information content (AvgIpc) is 2.16. The van der Waals surface area contributed by atoms with Crippen molar-refractivity contribution in [2.24, 2.45) is 0 Å². The van der Waals surface area contributed by atoms with Crippen molar-refractivity contribution in [3.05, 3.63) is 5.28 Å². The fraction of sp³-hybridized carbons (Fsp3) is 0.625. The predicted molar refractivity (Wildman–Crippen MR) is 56.9 cm³/mol. The molecule has 0 aliphatic carbocycles. The lowest BCUT2D eigenvalue weighted by Crippen LogP contribution is -2.42. The number of nitrogens with two attached hydrogens (primary N) is 1. The van der Waals surface area contributed by atoms with E-state index in [0.29, 0.717) is 12.6 Å². The van der Waals surface area contributed by atoms with Crippen molar-refractivity contribution in [2.75, 3.05) is 30.3 Å². The van der Waals surface area contributed by atoms with Crippen LogP contribution in [0.4, 0.5) is 11.9 Å². The van der Waals surface area contributed by atoms with Gasteiger partial charge in [0.1, 0.15) is 0 Å². The molecule has 0 radical (unpaired) electrons. The van der Waals surface area contributed by atoms with Crippen LogP contribution in [0.15, 0.2) is 0 Å². The van der Waals surface area contributed by atoms with E-state index in [-0.39, 0.29) is 17.3 Å². The fourth-order valence-corrected chi connectivity index (χ4v) is 1.66. The zero-order valence-corrected chi connectivity index (χ0v) is 9.11. The van der Waals surface area contributed by atoms with Crippen LogP contribution in [0.2, 0.25) is 5.28 Å². The van der Waals surface area contributed by atoms with E-state index in [2.05, 4.69) is 15.0 Å². The van der Waals surface area contributed by atoms with Crippen LogP contribution in [0.3, 0.4) is 0 Å². The summed E-state index contributed by atoms with van der Waals surface area (Å²) < 4.78 is 5.41. The van der Waals surface area contributed by atoms with Crippen LogP contribution in [0.25, 0.3) is 0 Å². The van der Waals surface area contributed by atoms with Crippen LogP contribution in [-0.2, 0) is 4.74 Å². The lowest BCUT2D eigenvalue weighted by atomic mass is 10.3. The maximum atomic E-state index is 5.71. The Morgan fingerprint density at radius 2 is 2.27 bits per heavy atom. The third-order valence-electron chi connectivity index (χ3n) is 2.14. The molecule has 0 spiro atoms. The van der Waals surface area contributed by atoms with Gasteiger partial charge in [-0.2, -0.15) is 15.0 Å². The van der Waals surface area contributed by atoms with Crippen LogP contribution in [0.5, 0.6) is 0 Å². The van der Waals surface area contributed by atoms with Gasteiger partial charge < -0.3 is 15.4 Å². The van der Waals surface area contributed by atoms with Crippen molar-refractivity contribution in [3.8, 4) is 0 Å². The van der Waals surface area contributed by atoms with Crippen LogP contribution in [0, 0.1) is 0 Å². The lowest BCUT2D eigenvalue weighted by Gasteiger charge is -2.30. The van der Waals surface area contributed by atoms with Gasteiger partial charge >= 0.3 is 0 Å². The van der Waals surface area contributed by atoms with Gasteiger partial charge in [-0.3, -0.25) is 0 Å². The minimum atomic E-state index is 0.122. The van der Waals surface area contributed by atoms with E-state index in [0.717, 1.165) is 13.1 Å². The zero-order chi connectivity index (χ0) is 10.8. The number of ether oxygens (including phenoxy) is 1. The molecule has 1 aromatic heterocycles. The molecule has 1 saturated heterocycles. The molecule has 7 heteroatoms. The van der Waals surface area contributed by atoms with Gasteiger partial charge in [-0.1, -0.05) is 0 Å². The number of hydrogen-bond acceptors (Lipinski definition) is 6. The van der Waals surface area contributed by atoms with Gasteiger partial charge in [0.25, 0.3) is 0 Å². The Hall–Kier alpha value is -1.14. The van der Waals surface area contributed by atoms with Crippen molar-refractivity contribution < 1.29 is 4.74 Å². The van der Waals surface area contributed by atoms with Gasteiger partial charge in [0.15, 0.2) is 0 Å². The number of anilines is 2. The highest BCUT2D eigenvalue weighted by molar-refractivity contribution is 6.28. The van der Waals surface area contributed by atoms with Gasteiger partial charge in [0.05, 0.1) is 12.7 Å². The molecule has 0 aromatic carbocycles. The fourth-order valence-electron chi connectivity index (χ4n) is 1.50. The number of rotatable bonds is 1. The van der Waals surface area contributed by atoms with Gasteiger partial charge in [-0.05, 0) is 18.5 Å². The SMILES string of the molecule is CC1CN(c2nc(N)nc(Cl)n2)CCO1. The molecule has 2 heterocycles. The molecule has 1 aliphatic rings. The summed E-state index contributed by atoms with van der Waals surface area (Å²) in [5.74, 6) is 0.659. The summed E-state index contributed by atoms with van der Waals surface area (Å²) in [6, 6.07) is 0. The third-order valence-corrected chi connectivity index (χ3v) is 2.31. The monoisotopic (exact) mass is 229 g/mol. The quantitative estimate of drug-likeness (QED) is 0.748. The van der Waals surface area contributed by atoms with E-state index in [1.54, 1.807) is 0 Å². The molecule has 82 valence electrons. The highest BCUT2D eigenvalue weighted by Gasteiger charge is 2.19. The molecule has 1 unspecified atom stereocenters. The summed E-state index contributed by atoms with van der Waals surface area (Å²) in [5, 5.41) is 0.122. The van der Waals surface area contributed by atoms with E-state index >= 15 is 0 Å². The second kappa shape index (κ2) is 4.16. The van der Waals surface area contributed by atoms with Gasteiger partial charge in [0.2, 0.25) is 17.2 Å². The Kier molecular flexibility index (Phi) is 2.88. The number of morpholine rings is 1. The molecule has 2 rings (SSSR count). The van der Waals surface area contributed by atoms with E-state index < -0.39 is 0 Å². The number of nitrogens with zero attached hydrogens (tertiary/aromatic N) is 4. The number of halogens is 1. The highest BCUT2D eigenvalue weighted by Crippen LogP contribution is 2.15. The Balaban J connectivity index is 2.20. The van der Waals surface area contributed by atoms with Gasteiger partial charge in [-0.25, -0.2) is 0 Å². The largest absolute Gasteiger partial charge is 0.375 e. The summed E-state index contributed by atoms with van der Waals surface area (Å²) in [7, 11) is 0. The van der Waals surface area contributed by atoms with Crippen molar-refractivity contribution in [3.63, 3.8) is 0 Å². The first-order valence-corrected chi connectivity index (χ1v) is 5.06. The summed E-state index contributed by atoms with van der Waals surface area (Å²) in [4.78, 5) is 13.8. The molecule has 1 aromatic rings. The standard InChI is InChI=1S/C8H12ClN5O/c1-5-4-14(2-3-15-5)8-12-6(9)11-7(10)13-8/h5H,2-4H2,1H3,(H2,10,11,12,13). The first kappa shape index (κ1) is 10.4. The van der Waals surface area contributed by atoms with Crippen molar-refractivity contribution in [1.29, 1.82) is 0 Å². The van der Waals surface area contributed by atoms with Crippen LogP contribution in [-0.4, -0.2) is 40.8 Å². The first-order chi connectivity index (χ1) is 7.15. The smallest absolute Gasteiger partial charge is 0.231 e. The number of hydrogen-bond donors (Lipinski definition) is 1. The minimum Gasteiger partial charge on any atom is -0.375 e. The van der Waals surface area contributed by atoms with Gasteiger partial charge in [-0.15, -0.1) is 0 Å². The van der Waals surface area contributed by atoms with Crippen molar-refractivity contribution in [2.45, 2.75) is 13.0 Å². The maximum absolute atomic E-state index is 5.71. The second-order valence-electron chi connectivity index (χ2n) is 3.39. The molecule has 1 fully saturated rings. The Labute approximate surface area is 92.4 Å². The molecule has 15 heavy (non-hydrogen) atoms. The summed E-state index contributed by atoms with van der Waals surface area (Å²) >= 11 is 5.71. The Morgan fingerprint density at radius 3 is 2.93 bits per heavy atom. The van der Waals surface area contributed by atoms with Crippen molar-refractivity contribution in [1.82, 2.24) is 15.0 Å². The Bertz CT molecular complexity index is 341. The second-order valence-corrected chi connectivity index (χ2v) is 3.73. The molecule has 0 bridgehead atoms. The van der Waals surface area contributed by atoms with E-state index in [1.165, 1.54) is 0 Å². The topological polar surface area (TPSA) is 77.2 Å². The van der Waals surface area contributed by atoms with E-state index in [9.17, 15) is 0 Å². The normalized spacial score (nSPS) is 21.7. The van der Waals surface area contributed by atoms with Crippen LogP contribution in [0.1, 0.15) is 6.92 Å². The molecule has 1 aliphatic heterocycles. The molecule has 0 saturated carbocycles. The molecular formula is C8H12ClN5O. The van der Waals surface area contributed by atoms with Crippen LogP contribution >= 0.6 is 11.6 Å². The Morgan fingerprint density at radius 1 is 1.47 bits per heavy atom. The average molecular weight is 230 g/mol. The minimum absolute atomic E-state index is 0.122. The van der Waals surface area contributed by atoms with E-state index in [1.807, 2.05) is 11.8 Å². The summed E-state index contributed by atoms with van der Waals surface area (Å²) in [5.41, 5.74) is 5.50. The molecular weight excluding hydrogens is 218 g/mol. The first-order valence-electron chi connectivity index (χ1n) is 4.69.